The third-order valence-electron chi connectivity index (χ3n) is 2.81. The maximum Gasteiger partial charge on any atom is 0.387 e. The Morgan fingerprint density at radius 1 is 1.19 bits per heavy atom. The molecule has 112 valence electrons. The van der Waals surface area contributed by atoms with Crippen molar-refractivity contribution < 1.29 is 13.5 Å². The van der Waals surface area contributed by atoms with Gasteiger partial charge in [0.05, 0.1) is 0 Å². The fourth-order valence-electron chi connectivity index (χ4n) is 1.80. The predicted molar refractivity (Wildman–Crippen MR) is 83.6 cm³/mol. The topological polar surface area (TPSA) is 21.3 Å². The molecule has 6 heteroatoms. The molecule has 0 aromatic heterocycles. The Hall–Kier alpha value is -1.46. The number of hydrogen-bond acceptors (Lipinski definition) is 3. The van der Waals surface area contributed by atoms with Crippen molar-refractivity contribution in [2.24, 2.45) is 0 Å². The quantitative estimate of drug-likeness (QED) is 0.729. The molecule has 0 saturated carbocycles. The van der Waals surface area contributed by atoms with Crippen molar-refractivity contribution in [1.82, 2.24) is 0 Å². The van der Waals surface area contributed by atoms with Gasteiger partial charge in [0.15, 0.2) is 0 Å². The Kier molecular flexibility index (Phi) is 5.70. The molecule has 0 atom stereocenters. The average molecular weight is 330 g/mol. The van der Waals surface area contributed by atoms with E-state index >= 15 is 0 Å². The van der Waals surface area contributed by atoms with Gasteiger partial charge in [-0.15, -0.1) is 11.8 Å². The van der Waals surface area contributed by atoms with E-state index in [1.807, 2.05) is 30.5 Å². The second kappa shape index (κ2) is 7.52. The van der Waals surface area contributed by atoms with Gasteiger partial charge >= 0.3 is 6.61 Å². The van der Waals surface area contributed by atoms with Gasteiger partial charge in [0.1, 0.15) is 5.75 Å². The zero-order valence-corrected chi connectivity index (χ0v) is 12.8. The molecule has 0 saturated heterocycles. The van der Waals surface area contributed by atoms with Gasteiger partial charge in [0.2, 0.25) is 0 Å². The molecule has 2 aromatic rings. The number of alkyl halides is 2. The van der Waals surface area contributed by atoms with Crippen LogP contribution in [-0.4, -0.2) is 12.9 Å². The van der Waals surface area contributed by atoms with Crippen molar-refractivity contribution in [3.8, 4) is 5.75 Å². The van der Waals surface area contributed by atoms with E-state index in [1.54, 1.807) is 17.8 Å². The number of nitrogens with one attached hydrogen (secondary N) is 1. The SMILES string of the molecule is CSc1ccc(NCc2cc(Cl)ccc2OC(F)F)cc1. The van der Waals surface area contributed by atoms with Gasteiger partial charge in [0, 0.05) is 27.7 Å². The van der Waals surface area contributed by atoms with Gasteiger partial charge < -0.3 is 10.1 Å². The number of ether oxygens (including phenoxy) is 1. The van der Waals surface area contributed by atoms with Crippen LogP contribution in [0.2, 0.25) is 5.02 Å². The molecule has 0 unspecified atom stereocenters. The first-order valence-electron chi connectivity index (χ1n) is 6.19. The fraction of sp³-hybridized carbons (Fsp3) is 0.200. The Morgan fingerprint density at radius 3 is 2.52 bits per heavy atom. The van der Waals surface area contributed by atoms with Crippen molar-refractivity contribution in [2.75, 3.05) is 11.6 Å². The highest BCUT2D eigenvalue weighted by molar-refractivity contribution is 7.98. The van der Waals surface area contributed by atoms with Gasteiger partial charge in [-0.1, -0.05) is 11.6 Å². The fourth-order valence-corrected chi connectivity index (χ4v) is 2.41. The molecule has 0 aliphatic heterocycles. The summed E-state index contributed by atoms with van der Waals surface area (Å²) in [5, 5.41) is 3.64. The molecule has 2 nitrogen and oxygen atoms in total. The van der Waals surface area contributed by atoms with E-state index in [4.69, 9.17) is 11.6 Å². The van der Waals surface area contributed by atoms with Crippen LogP contribution >= 0.6 is 23.4 Å². The molecule has 0 heterocycles. The Morgan fingerprint density at radius 2 is 1.90 bits per heavy atom. The highest BCUT2D eigenvalue weighted by Gasteiger charge is 2.10. The number of hydrogen-bond donors (Lipinski definition) is 1. The first-order chi connectivity index (χ1) is 10.1. The zero-order chi connectivity index (χ0) is 15.2. The lowest BCUT2D eigenvalue weighted by molar-refractivity contribution is -0.0504. The van der Waals surface area contributed by atoms with Gasteiger partial charge in [-0.2, -0.15) is 8.78 Å². The Balaban J connectivity index is 2.08. The van der Waals surface area contributed by atoms with Crippen LogP contribution in [-0.2, 0) is 6.54 Å². The van der Waals surface area contributed by atoms with Gasteiger partial charge in [-0.3, -0.25) is 0 Å². The van der Waals surface area contributed by atoms with Crippen molar-refractivity contribution in [3.05, 3.63) is 53.1 Å². The Bertz CT molecular complexity index is 593. The van der Waals surface area contributed by atoms with Crippen LogP contribution in [0, 0.1) is 0 Å². The van der Waals surface area contributed by atoms with E-state index in [0.717, 1.165) is 10.6 Å². The molecule has 0 bridgehead atoms. The van der Waals surface area contributed by atoms with E-state index in [2.05, 4.69) is 10.1 Å². The van der Waals surface area contributed by atoms with Gasteiger partial charge in [0.25, 0.3) is 0 Å². The third-order valence-corrected chi connectivity index (χ3v) is 3.79. The summed E-state index contributed by atoms with van der Waals surface area (Å²) in [4.78, 5) is 1.16. The molecular formula is C15H14ClF2NOS. The Labute approximate surface area is 131 Å². The highest BCUT2D eigenvalue weighted by Crippen LogP contribution is 2.26. The number of halogens is 3. The predicted octanol–water partition coefficient (Wildman–Crippen LogP) is 5.28. The van der Waals surface area contributed by atoms with Crippen LogP contribution in [0.15, 0.2) is 47.4 Å². The molecule has 0 spiro atoms. The smallest absolute Gasteiger partial charge is 0.387 e. The first-order valence-corrected chi connectivity index (χ1v) is 7.80. The van der Waals surface area contributed by atoms with Crippen molar-refractivity contribution >= 4 is 29.1 Å². The summed E-state index contributed by atoms with van der Waals surface area (Å²) in [6, 6.07) is 12.4. The van der Waals surface area contributed by atoms with Crippen LogP contribution < -0.4 is 10.1 Å². The maximum absolute atomic E-state index is 12.4. The molecule has 0 amide bonds. The van der Waals surface area contributed by atoms with Crippen LogP contribution in [0.5, 0.6) is 5.75 Å². The molecule has 0 aliphatic carbocycles. The number of anilines is 1. The second-order valence-electron chi connectivity index (χ2n) is 4.21. The normalized spacial score (nSPS) is 10.7. The van der Waals surface area contributed by atoms with Crippen molar-refractivity contribution in [2.45, 2.75) is 18.1 Å². The van der Waals surface area contributed by atoms with Gasteiger partial charge in [-0.05, 0) is 48.7 Å². The van der Waals surface area contributed by atoms with Crippen molar-refractivity contribution in [1.29, 1.82) is 0 Å². The summed E-state index contributed by atoms with van der Waals surface area (Å²) >= 11 is 7.56. The van der Waals surface area contributed by atoms with Gasteiger partial charge in [-0.25, -0.2) is 0 Å². The van der Waals surface area contributed by atoms with Crippen molar-refractivity contribution in [3.63, 3.8) is 0 Å². The molecule has 0 aliphatic rings. The molecule has 2 aromatic carbocycles. The number of thioether (sulfide) groups is 1. The minimum Gasteiger partial charge on any atom is -0.434 e. The lowest BCUT2D eigenvalue weighted by Crippen LogP contribution is -2.07. The lowest BCUT2D eigenvalue weighted by atomic mass is 10.2. The lowest BCUT2D eigenvalue weighted by Gasteiger charge is -2.13. The zero-order valence-electron chi connectivity index (χ0n) is 11.3. The minimum atomic E-state index is -2.86. The summed E-state index contributed by atoms with van der Waals surface area (Å²) in [5.41, 5.74) is 1.48. The minimum absolute atomic E-state index is 0.127. The first kappa shape index (κ1) is 15.9. The largest absolute Gasteiger partial charge is 0.434 e. The van der Waals surface area contributed by atoms with Crippen LogP contribution in [0.25, 0.3) is 0 Å². The van der Waals surface area contributed by atoms with Crippen LogP contribution in [0.3, 0.4) is 0 Å². The number of benzene rings is 2. The third kappa shape index (κ3) is 4.79. The summed E-state index contributed by atoms with van der Waals surface area (Å²) in [7, 11) is 0. The van der Waals surface area contributed by atoms with E-state index in [1.165, 1.54) is 12.1 Å². The molecule has 1 N–H and O–H groups in total. The molecule has 0 radical (unpaired) electrons. The summed E-state index contributed by atoms with van der Waals surface area (Å²) in [6.07, 6.45) is 2.00. The standard InChI is InChI=1S/C15H14ClF2NOS/c1-21-13-5-3-12(4-6-13)19-9-10-8-11(16)2-7-14(10)20-15(17)18/h2-8,15,19H,9H2,1H3. The summed E-state index contributed by atoms with van der Waals surface area (Å²) < 4.78 is 29.2. The monoisotopic (exact) mass is 329 g/mol. The average Bonchev–Trinajstić information content (AvgIpc) is 2.47. The maximum atomic E-state index is 12.4. The van der Waals surface area contributed by atoms with E-state index < -0.39 is 6.61 Å². The van der Waals surface area contributed by atoms with Crippen LogP contribution in [0.1, 0.15) is 5.56 Å². The molecule has 0 fully saturated rings. The summed E-state index contributed by atoms with van der Waals surface area (Å²) in [5.74, 6) is 0.127. The summed E-state index contributed by atoms with van der Waals surface area (Å²) in [6.45, 7) is -2.51. The molecule has 21 heavy (non-hydrogen) atoms. The second-order valence-corrected chi connectivity index (χ2v) is 5.53. The molecular weight excluding hydrogens is 316 g/mol. The van der Waals surface area contributed by atoms with Crippen LogP contribution in [0.4, 0.5) is 14.5 Å². The number of rotatable bonds is 6. The highest BCUT2D eigenvalue weighted by atomic mass is 35.5. The van der Waals surface area contributed by atoms with E-state index in [-0.39, 0.29) is 5.75 Å². The molecule has 2 rings (SSSR count). The van der Waals surface area contributed by atoms with E-state index in [9.17, 15) is 8.78 Å². The van der Waals surface area contributed by atoms with E-state index in [0.29, 0.717) is 17.1 Å².